The number of carbonyl (C=O) groups excluding carboxylic acids is 1. The lowest BCUT2D eigenvalue weighted by molar-refractivity contribution is -0.133. The highest BCUT2D eigenvalue weighted by molar-refractivity contribution is 7.13. The smallest absolute Gasteiger partial charge is 0.260 e. The van der Waals surface area contributed by atoms with Gasteiger partial charge in [0.05, 0.1) is 5.69 Å². The Bertz CT molecular complexity index is 839. The molecule has 2 aliphatic rings. The summed E-state index contributed by atoms with van der Waals surface area (Å²) in [4.78, 5) is 24.1. The minimum Gasteiger partial charge on any atom is -0.484 e. The molecule has 1 aromatic heterocycles. The van der Waals surface area contributed by atoms with Crippen molar-refractivity contribution in [3.05, 3.63) is 40.9 Å². The fourth-order valence-electron chi connectivity index (χ4n) is 4.06. The first-order chi connectivity index (χ1) is 14.6. The number of carbonyl (C=O) groups is 1. The molecule has 0 atom stereocenters. The van der Waals surface area contributed by atoms with Crippen LogP contribution in [0.25, 0.3) is 0 Å². The molecule has 162 valence electrons. The molecular weight excluding hydrogens is 396 g/mol. The van der Waals surface area contributed by atoms with Gasteiger partial charge in [-0.3, -0.25) is 9.69 Å². The number of amides is 1. The number of aryl methyl sites for hydroxylation is 1. The van der Waals surface area contributed by atoms with Crippen LogP contribution in [0.15, 0.2) is 29.6 Å². The van der Waals surface area contributed by atoms with Crippen LogP contribution in [0.4, 0.5) is 5.13 Å². The Morgan fingerprint density at radius 3 is 2.60 bits per heavy atom. The van der Waals surface area contributed by atoms with E-state index in [2.05, 4.69) is 22.1 Å². The second kappa shape index (κ2) is 9.79. The van der Waals surface area contributed by atoms with E-state index < -0.39 is 0 Å². The molecule has 2 aliphatic heterocycles. The predicted molar refractivity (Wildman–Crippen MR) is 121 cm³/mol. The molecule has 0 radical (unpaired) electrons. The van der Waals surface area contributed by atoms with Crippen molar-refractivity contribution in [1.29, 1.82) is 0 Å². The predicted octanol–water partition coefficient (Wildman–Crippen LogP) is 3.41. The normalized spacial score (nSPS) is 18.6. The Kier molecular flexibility index (Phi) is 6.89. The van der Waals surface area contributed by atoms with Crippen molar-refractivity contribution in [3.63, 3.8) is 0 Å². The van der Waals surface area contributed by atoms with Gasteiger partial charge < -0.3 is 14.5 Å². The number of hydrogen-bond acceptors (Lipinski definition) is 6. The van der Waals surface area contributed by atoms with E-state index >= 15 is 0 Å². The van der Waals surface area contributed by atoms with Gasteiger partial charge in [0, 0.05) is 38.1 Å². The lowest BCUT2D eigenvalue weighted by atomic mass is 9.99. The number of nitrogens with zero attached hydrogens (tertiary/aromatic N) is 4. The molecule has 3 heterocycles. The van der Waals surface area contributed by atoms with Gasteiger partial charge in [-0.15, -0.1) is 11.3 Å². The van der Waals surface area contributed by atoms with E-state index in [1.54, 1.807) is 11.3 Å². The molecule has 2 aromatic rings. The van der Waals surface area contributed by atoms with Gasteiger partial charge in [-0.2, -0.15) is 0 Å². The number of likely N-dealkylation sites (tertiary alicyclic amines) is 1. The summed E-state index contributed by atoms with van der Waals surface area (Å²) in [6.07, 6.45) is 2.58. The molecule has 1 aromatic carbocycles. The van der Waals surface area contributed by atoms with E-state index in [9.17, 15) is 4.79 Å². The van der Waals surface area contributed by atoms with Crippen LogP contribution in [0, 0.1) is 12.8 Å². The van der Waals surface area contributed by atoms with Gasteiger partial charge in [-0.1, -0.05) is 25.1 Å². The van der Waals surface area contributed by atoms with Gasteiger partial charge in [0.1, 0.15) is 5.75 Å². The SMILES string of the molecule is Cc1ccccc1OCC(=O)N1CCN(c2nc(CN3CCC(C)CC3)cs2)CC1. The average molecular weight is 429 g/mol. The van der Waals surface area contributed by atoms with Crippen LogP contribution in [0.2, 0.25) is 0 Å². The van der Waals surface area contributed by atoms with E-state index in [0.717, 1.165) is 55.1 Å². The Morgan fingerprint density at radius 1 is 1.13 bits per heavy atom. The number of para-hydroxylation sites is 1. The van der Waals surface area contributed by atoms with Gasteiger partial charge in [-0.05, 0) is 50.4 Å². The largest absolute Gasteiger partial charge is 0.484 e. The second-order valence-corrected chi connectivity index (χ2v) is 9.34. The van der Waals surface area contributed by atoms with Crippen molar-refractivity contribution >= 4 is 22.4 Å². The van der Waals surface area contributed by atoms with Crippen LogP contribution in [0.5, 0.6) is 5.75 Å². The summed E-state index contributed by atoms with van der Waals surface area (Å²) < 4.78 is 5.73. The van der Waals surface area contributed by atoms with Gasteiger partial charge >= 0.3 is 0 Å². The molecule has 0 bridgehead atoms. The number of ether oxygens (including phenoxy) is 1. The second-order valence-electron chi connectivity index (χ2n) is 8.50. The Hall–Kier alpha value is -2.12. The molecule has 0 N–H and O–H groups in total. The molecule has 7 heteroatoms. The van der Waals surface area contributed by atoms with Crippen LogP contribution < -0.4 is 9.64 Å². The van der Waals surface area contributed by atoms with Crippen molar-refractivity contribution in [3.8, 4) is 5.75 Å². The zero-order valence-electron chi connectivity index (χ0n) is 18.0. The molecule has 2 saturated heterocycles. The lowest BCUT2D eigenvalue weighted by Gasteiger charge is -2.34. The third-order valence-corrected chi connectivity index (χ3v) is 7.10. The summed E-state index contributed by atoms with van der Waals surface area (Å²) in [6.45, 7) is 10.8. The van der Waals surface area contributed by atoms with Crippen LogP contribution >= 0.6 is 11.3 Å². The number of anilines is 1. The summed E-state index contributed by atoms with van der Waals surface area (Å²) in [5.74, 6) is 1.69. The minimum atomic E-state index is 0.0528. The standard InChI is InChI=1S/C23H32N4O2S/c1-18-7-9-25(10-8-18)15-20-17-30-23(24-20)27-13-11-26(12-14-27)22(28)16-29-21-6-4-3-5-19(21)2/h3-6,17-18H,7-16H2,1-2H3. The maximum Gasteiger partial charge on any atom is 0.260 e. The van der Waals surface area contributed by atoms with E-state index in [1.807, 2.05) is 36.1 Å². The minimum absolute atomic E-state index is 0.0528. The fraction of sp³-hybridized carbons (Fsp3) is 0.565. The van der Waals surface area contributed by atoms with Gasteiger partial charge in [0.2, 0.25) is 0 Å². The third-order valence-electron chi connectivity index (χ3n) is 6.15. The molecule has 6 nitrogen and oxygen atoms in total. The van der Waals surface area contributed by atoms with Crippen molar-refractivity contribution in [2.24, 2.45) is 5.92 Å². The highest BCUT2D eigenvalue weighted by Gasteiger charge is 2.24. The maximum absolute atomic E-state index is 12.5. The third kappa shape index (κ3) is 5.32. The van der Waals surface area contributed by atoms with Crippen molar-refractivity contribution in [1.82, 2.24) is 14.8 Å². The summed E-state index contributed by atoms with van der Waals surface area (Å²) in [6, 6.07) is 7.80. The Balaban J connectivity index is 1.23. The van der Waals surface area contributed by atoms with Crippen molar-refractivity contribution < 1.29 is 9.53 Å². The van der Waals surface area contributed by atoms with Crippen LogP contribution in [-0.4, -0.2) is 66.6 Å². The molecule has 0 saturated carbocycles. The summed E-state index contributed by atoms with van der Waals surface area (Å²) in [5, 5.41) is 3.28. The molecular formula is C23H32N4O2S. The summed E-state index contributed by atoms with van der Waals surface area (Å²) in [7, 11) is 0. The topological polar surface area (TPSA) is 48.9 Å². The van der Waals surface area contributed by atoms with Crippen LogP contribution in [0.3, 0.4) is 0 Å². The Labute approximate surface area is 183 Å². The number of hydrogen-bond donors (Lipinski definition) is 0. The number of piperazine rings is 1. The number of rotatable bonds is 6. The van der Waals surface area contributed by atoms with E-state index in [1.165, 1.54) is 31.6 Å². The molecule has 2 fully saturated rings. The molecule has 0 unspecified atom stereocenters. The first kappa shape index (κ1) is 21.1. The van der Waals surface area contributed by atoms with E-state index in [4.69, 9.17) is 9.72 Å². The number of aromatic nitrogens is 1. The lowest BCUT2D eigenvalue weighted by Crippen LogP contribution is -2.50. The zero-order chi connectivity index (χ0) is 20.9. The maximum atomic E-state index is 12.5. The fourth-order valence-corrected chi connectivity index (χ4v) is 4.93. The Morgan fingerprint density at radius 2 is 1.87 bits per heavy atom. The first-order valence-electron chi connectivity index (χ1n) is 11.0. The average Bonchev–Trinajstić information content (AvgIpc) is 3.23. The van der Waals surface area contributed by atoms with Crippen molar-refractivity contribution in [2.75, 3.05) is 50.8 Å². The molecule has 4 rings (SSSR count). The van der Waals surface area contributed by atoms with Gasteiger partial charge in [0.15, 0.2) is 11.7 Å². The molecule has 0 spiro atoms. The van der Waals surface area contributed by atoms with Gasteiger partial charge in [-0.25, -0.2) is 4.98 Å². The number of piperidine rings is 1. The monoisotopic (exact) mass is 428 g/mol. The van der Waals surface area contributed by atoms with Crippen LogP contribution in [0.1, 0.15) is 31.0 Å². The van der Waals surface area contributed by atoms with Gasteiger partial charge in [0.25, 0.3) is 5.91 Å². The summed E-state index contributed by atoms with van der Waals surface area (Å²) in [5.41, 5.74) is 2.23. The van der Waals surface area contributed by atoms with Crippen LogP contribution in [-0.2, 0) is 11.3 Å². The quantitative estimate of drug-likeness (QED) is 0.706. The van der Waals surface area contributed by atoms with E-state index in [0.29, 0.717) is 0 Å². The highest BCUT2D eigenvalue weighted by Crippen LogP contribution is 2.24. The molecule has 0 aliphatic carbocycles. The van der Waals surface area contributed by atoms with Crippen molar-refractivity contribution in [2.45, 2.75) is 33.2 Å². The number of benzene rings is 1. The number of thiazole rings is 1. The summed E-state index contributed by atoms with van der Waals surface area (Å²) >= 11 is 1.72. The van der Waals surface area contributed by atoms with E-state index in [-0.39, 0.29) is 12.5 Å². The molecule has 1 amide bonds. The molecule has 30 heavy (non-hydrogen) atoms. The first-order valence-corrected chi connectivity index (χ1v) is 11.8. The zero-order valence-corrected chi connectivity index (χ0v) is 18.9. The highest BCUT2D eigenvalue weighted by atomic mass is 32.1.